The molecule has 0 aliphatic heterocycles. The minimum Gasteiger partial charge on any atom is -0.387 e. The first-order chi connectivity index (χ1) is 14.9. The highest BCUT2D eigenvalue weighted by Gasteiger charge is 2.43. The molecular weight excluding hydrogens is 401 g/mol. The molecule has 162 valence electrons. The summed E-state index contributed by atoms with van der Waals surface area (Å²) < 4.78 is 14.9. The third-order valence-corrected chi connectivity index (χ3v) is 5.26. The zero-order chi connectivity index (χ0) is 22.1. The Hall–Kier alpha value is -3.40. The summed E-state index contributed by atoms with van der Waals surface area (Å²) in [4.78, 5) is 29.2. The fraction of sp³-hybridized carbons (Fsp3) is 0.381. The van der Waals surface area contributed by atoms with Crippen molar-refractivity contribution < 1.29 is 14.3 Å². The first-order valence-corrected chi connectivity index (χ1v) is 10.1. The van der Waals surface area contributed by atoms with Gasteiger partial charge in [0, 0.05) is 13.1 Å². The van der Waals surface area contributed by atoms with Crippen molar-refractivity contribution >= 4 is 23.2 Å². The number of nitrogens with zero attached hydrogens (tertiary/aromatic N) is 5. The van der Waals surface area contributed by atoms with Crippen LogP contribution in [0.5, 0.6) is 0 Å². The fourth-order valence-electron chi connectivity index (χ4n) is 3.26. The first-order valence-electron chi connectivity index (χ1n) is 10.1. The number of rotatable bonds is 7. The standard InChI is InChI=1S/C21H24FN7O2/c1-4-17(30)14-5-11(2)16(8-23-14)27-20-19(29(3)10-26-20)15-7-18(25-9-24-15)28-21(31)12-6-13(12)22/h5,7-10,12-13,17,27,30H,4,6H2,1-3H3,(H,24,25,28,31)/t12-,13+,17-/m0/s1. The number of pyridine rings is 1. The minimum atomic E-state index is -1.07. The van der Waals surface area contributed by atoms with Gasteiger partial charge in [0.15, 0.2) is 5.82 Å². The minimum absolute atomic E-state index is 0.251. The van der Waals surface area contributed by atoms with Crippen molar-refractivity contribution in [1.82, 2.24) is 24.5 Å². The molecule has 0 saturated heterocycles. The Morgan fingerprint density at radius 1 is 1.32 bits per heavy atom. The van der Waals surface area contributed by atoms with E-state index in [0.717, 1.165) is 11.3 Å². The number of aliphatic hydroxyl groups excluding tert-OH is 1. The molecule has 10 heteroatoms. The molecule has 0 aromatic carbocycles. The second-order valence-electron chi connectivity index (χ2n) is 7.66. The van der Waals surface area contributed by atoms with Gasteiger partial charge in [0.2, 0.25) is 5.91 Å². The molecule has 1 saturated carbocycles. The molecule has 4 rings (SSSR count). The molecule has 1 aliphatic carbocycles. The number of aromatic nitrogens is 5. The van der Waals surface area contributed by atoms with Crippen LogP contribution in [-0.4, -0.2) is 41.7 Å². The highest BCUT2D eigenvalue weighted by molar-refractivity contribution is 5.94. The van der Waals surface area contributed by atoms with Crippen LogP contribution in [0.4, 0.5) is 21.7 Å². The van der Waals surface area contributed by atoms with Crippen LogP contribution in [0.3, 0.4) is 0 Å². The number of hydrogen-bond acceptors (Lipinski definition) is 7. The van der Waals surface area contributed by atoms with Gasteiger partial charge in [0.1, 0.15) is 24.0 Å². The van der Waals surface area contributed by atoms with Crippen molar-refractivity contribution in [2.45, 2.75) is 39.0 Å². The second kappa shape index (κ2) is 8.38. The fourth-order valence-corrected chi connectivity index (χ4v) is 3.26. The third-order valence-electron chi connectivity index (χ3n) is 5.26. The number of amides is 1. The predicted octanol–water partition coefficient (Wildman–Crippen LogP) is 3.06. The monoisotopic (exact) mass is 425 g/mol. The molecule has 3 heterocycles. The Balaban J connectivity index is 1.58. The molecular formula is C21H24FN7O2. The van der Waals surface area contributed by atoms with E-state index in [0.29, 0.717) is 35.1 Å². The summed E-state index contributed by atoms with van der Waals surface area (Å²) in [6.45, 7) is 3.82. The lowest BCUT2D eigenvalue weighted by Gasteiger charge is -2.13. The molecule has 3 aromatic rings. The molecule has 1 fully saturated rings. The van der Waals surface area contributed by atoms with Gasteiger partial charge in [0.05, 0.1) is 41.6 Å². The molecule has 1 aliphatic rings. The molecule has 0 radical (unpaired) electrons. The van der Waals surface area contributed by atoms with Gasteiger partial charge in [-0.3, -0.25) is 9.78 Å². The van der Waals surface area contributed by atoms with E-state index in [1.54, 1.807) is 23.2 Å². The number of imidazole rings is 1. The Labute approximate surface area is 178 Å². The number of halogens is 1. The van der Waals surface area contributed by atoms with Crippen LogP contribution in [0.25, 0.3) is 11.4 Å². The van der Waals surface area contributed by atoms with E-state index < -0.39 is 18.2 Å². The van der Waals surface area contributed by atoms with Crippen molar-refractivity contribution in [3.05, 3.63) is 42.2 Å². The molecule has 0 bridgehead atoms. The van der Waals surface area contributed by atoms with Crippen LogP contribution >= 0.6 is 0 Å². The van der Waals surface area contributed by atoms with Crippen LogP contribution in [0.2, 0.25) is 0 Å². The third kappa shape index (κ3) is 4.38. The van der Waals surface area contributed by atoms with Gasteiger partial charge in [-0.25, -0.2) is 19.3 Å². The van der Waals surface area contributed by atoms with Gasteiger partial charge in [-0.15, -0.1) is 0 Å². The molecule has 0 unspecified atom stereocenters. The maximum atomic E-state index is 13.1. The Morgan fingerprint density at radius 3 is 2.77 bits per heavy atom. The summed E-state index contributed by atoms with van der Waals surface area (Å²) in [6, 6.07) is 3.47. The SMILES string of the molecule is CC[C@H](O)c1cc(C)c(Nc2ncn(C)c2-c2cc(NC(=O)[C@H]3C[C@H]3F)ncn2)cn1. The maximum absolute atomic E-state index is 13.1. The zero-order valence-electron chi connectivity index (χ0n) is 17.5. The number of aliphatic hydroxyl groups is 1. The van der Waals surface area contributed by atoms with E-state index in [9.17, 15) is 14.3 Å². The van der Waals surface area contributed by atoms with Crippen molar-refractivity contribution in [3.63, 3.8) is 0 Å². The summed E-state index contributed by atoms with van der Waals surface area (Å²) in [5, 5.41) is 15.9. The van der Waals surface area contributed by atoms with Gasteiger partial charge < -0.3 is 20.3 Å². The summed E-state index contributed by atoms with van der Waals surface area (Å²) in [5.41, 5.74) is 3.51. The number of alkyl halides is 1. The van der Waals surface area contributed by atoms with Crippen LogP contribution in [0, 0.1) is 12.8 Å². The Kier molecular flexibility index (Phi) is 5.64. The number of anilines is 3. The van der Waals surface area contributed by atoms with E-state index in [2.05, 4.69) is 30.6 Å². The van der Waals surface area contributed by atoms with Crippen molar-refractivity contribution in [3.8, 4) is 11.4 Å². The molecule has 0 spiro atoms. The summed E-state index contributed by atoms with van der Waals surface area (Å²) in [6.07, 6.45) is 3.82. The average Bonchev–Trinajstić information content (AvgIpc) is 3.38. The molecule has 31 heavy (non-hydrogen) atoms. The predicted molar refractivity (Wildman–Crippen MR) is 113 cm³/mol. The van der Waals surface area contributed by atoms with Crippen molar-refractivity contribution in [2.75, 3.05) is 10.6 Å². The lowest BCUT2D eigenvalue weighted by Crippen LogP contribution is -2.16. The van der Waals surface area contributed by atoms with E-state index in [4.69, 9.17) is 0 Å². The van der Waals surface area contributed by atoms with Gasteiger partial charge in [-0.05, 0) is 31.4 Å². The smallest absolute Gasteiger partial charge is 0.231 e. The number of hydrogen-bond donors (Lipinski definition) is 3. The zero-order valence-corrected chi connectivity index (χ0v) is 17.5. The normalized spacial score (nSPS) is 18.5. The van der Waals surface area contributed by atoms with Crippen LogP contribution in [0.15, 0.2) is 31.0 Å². The van der Waals surface area contributed by atoms with E-state index >= 15 is 0 Å². The Bertz CT molecular complexity index is 1120. The Morgan fingerprint density at radius 2 is 2.10 bits per heavy atom. The van der Waals surface area contributed by atoms with Gasteiger partial charge in [0.25, 0.3) is 0 Å². The molecule has 3 atom stereocenters. The average molecular weight is 425 g/mol. The van der Waals surface area contributed by atoms with Crippen LogP contribution in [-0.2, 0) is 11.8 Å². The summed E-state index contributed by atoms with van der Waals surface area (Å²) in [7, 11) is 1.83. The van der Waals surface area contributed by atoms with E-state index in [1.807, 2.05) is 27.0 Å². The van der Waals surface area contributed by atoms with Gasteiger partial charge in [-0.2, -0.15) is 0 Å². The quantitative estimate of drug-likeness (QED) is 0.532. The highest BCUT2D eigenvalue weighted by atomic mass is 19.1. The molecule has 3 N–H and O–H groups in total. The number of carbonyl (C=O) groups excluding carboxylic acids is 1. The largest absolute Gasteiger partial charge is 0.387 e. The highest BCUT2D eigenvalue weighted by Crippen LogP contribution is 2.35. The van der Waals surface area contributed by atoms with Gasteiger partial charge in [-0.1, -0.05) is 6.92 Å². The van der Waals surface area contributed by atoms with Crippen molar-refractivity contribution in [1.29, 1.82) is 0 Å². The molecule has 3 aromatic heterocycles. The number of aryl methyl sites for hydroxylation is 2. The second-order valence-corrected chi connectivity index (χ2v) is 7.66. The van der Waals surface area contributed by atoms with Crippen molar-refractivity contribution in [2.24, 2.45) is 13.0 Å². The summed E-state index contributed by atoms with van der Waals surface area (Å²) >= 11 is 0. The topological polar surface area (TPSA) is 118 Å². The number of carbonyl (C=O) groups is 1. The first kappa shape index (κ1) is 20.9. The number of nitrogens with one attached hydrogen (secondary N) is 2. The van der Waals surface area contributed by atoms with Crippen LogP contribution in [0.1, 0.15) is 37.1 Å². The molecule has 9 nitrogen and oxygen atoms in total. The maximum Gasteiger partial charge on any atom is 0.231 e. The molecule has 1 amide bonds. The van der Waals surface area contributed by atoms with Crippen LogP contribution < -0.4 is 10.6 Å². The lowest BCUT2D eigenvalue weighted by molar-refractivity contribution is -0.117. The lowest BCUT2D eigenvalue weighted by atomic mass is 10.1. The van der Waals surface area contributed by atoms with E-state index in [-0.39, 0.29) is 12.3 Å². The van der Waals surface area contributed by atoms with E-state index in [1.165, 1.54) is 6.33 Å². The van der Waals surface area contributed by atoms with Gasteiger partial charge >= 0.3 is 0 Å². The summed E-state index contributed by atoms with van der Waals surface area (Å²) in [5.74, 6) is -0.122.